The Balaban J connectivity index is 2.26. The van der Waals surface area contributed by atoms with E-state index in [1.165, 1.54) is 0 Å². The van der Waals surface area contributed by atoms with Gasteiger partial charge in [0.05, 0.1) is 10.5 Å². The van der Waals surface area contributed by atoms with E-state index >= 15 is 0 Å². The van der Waals surface area contributed by atoms with Crippen LogP contribution in [0.25, 0.3) is 22.4 Å². The number of hydrogen-bond acceptors (Lipinski definition) is 1. The van der Waals surface area contributed by atoms with E-state index in [1.54, 1.807) is 6.07 Å². The molecule has 2 aromatic carbocycles. The zero-order chi connectivity index (χ0) is 12.7. The van der Waals surface area contributed by atoms with Crippen molar-refractivity contribution in [3.05, 3.63) is 50.9 Å². The third-order valence-corrected chi connectivity index (χ3v) is 3.83. The van der Waals surface area contributed by atoms with Crippen LogP contribution in [0.2, 0.25) is 10.0 Å². The summed E-state index contributed by atoms with van der Waals surface area (Å²) in [6.07, 6.45) is 0. The van der Waals surface area contributed by atoms with Gasteiger partial charge in [0.1, 0.15) is 11.3 Å². The van der Waals surface area contributed by atoms with E-state index in [0.29, 0.717) is 10.0 Å². The van der Waals surface area contributed by atoms with Gasteiger partial charge in [-0.15, -0.1) is 0 Å². The fraction of sp³-hybridized carbons (Fsp3) is 0. The van der Waals surface area contributed by atoms with Crippen LogP contribution in [0.5, 0.6) is 0 Å². The molecule has 0 bridgehead atoms. The van der Waals surface area contributed by atoms with Gasteiger partial charge >= 0.3 is 0 Å². The van der Waals surface area contributed by atoms with Gasteiger partial charge < -0.3 is 4.98 Å². The number of rotatable bonds is 1. The number of aromatic amines is 1. The molecule has 1 aromatic heterocycles. The number of nitrogens with one attached hydrogen (secondary N) is 1. The number of imidazole rings is 1. The maximum Gasteiger partial charge on any atom is 0.139 e. The van der Waals surface area contributed by atoms with Gasteiger partial charge in [0.15, 0.2) is 0 Å². The maximum absolute atomic E-state index is 6.12. The Kier molecular flexibility index (Phi) is 3.06. The summed E-state index contributed by atoms with van der Waals surface area (Å²) in [6.45, 7) is 0. The van der Waals surface area contributed by atoms with Crippen molar-refractivity contribution in [2.24, 2.45) is 0 Å². The third-order valence-electron chi connectivity index (χ3n) is 2.63. The van der Waals surface area contributed by atoms with Crippen LogP contribution in [0.4, 0.5) is 0 Å². The fourth-order valence-corrected chi connectivity index (χ4v) is 2.83. The Labute approximate surface area is 122 Å². The molecule has 0 saturated heterocycles. The van der Waals surface area contributed by atoms with Gasteiger partial charge in [0, 0.05) is 15.1 Å². The summed E-state index contributed by atoms with van der Waals surface area (Å²) < 4.78 is 0.978. The molecule has 1 heterocycles. The molecule has 18 heavy (non-hydrogen) atoms. The molecular formula is C13H7BrCl2N2. The molecule has 0 spiro atoms. The highest BCUT2D eigenvalue weighted by atomic mass is 79.9. The molecule has 0 saturated carbocycles. The van der Waals surface area contributed by atoms with Crippen LogP contribution >= 0.6 is 39.1 Å². The first-order valence-corrected chi connectivity index (χ1v) is 6.80. The lowest BCUT2D eigenvalue weighted by Crippen LogP contribution is -1.81. The van der Waals surface area contributed by atoms with Crippen LogP contribution in [0.3, 0.4) is 0 Å². The summed E-state index contributed by atoms with van der Waals surface area (Å²) in [4.78, 5) is 7.73. The van der Waals surface area contributed by atoms with Gasteiger partial charge in [0.25, 0.3) is 0 Å². The Hall–Kier alpha value is -1.03. The highest BCUT2D eigenvalue weighted by Crippen LogP contribution is 2.31. The highest BCUT2D eigenvalue weighted by Gasteiger charge is 2.11. The van der Waals surface area contributed by atoms with E-state index in [-0.39, 0.29) is 0 Å². The number of fused-ring (bicyclic) bond motifs is 1. The van der Waals surface area contributed by atoms with Gasteiger partial charge in [-0.1, -0.05) is 57.3 Å². The number of aromatic nitrogens is 2. The van der Waals surface area contributed by atoms with Crippen LogP contribution in [0.15, 0.2) is 40.9 Å². The van der Waals surface area contributed by atoms with Crippen molar-refractivity contribution in [2.45, 2.75) is 0 Å². The van der Waals surface area contributed by atoms with Gasteiger partial charge in [0.2, 0.25) is 0 Å². The Morgan fingerprint density at radius 3 is 2.67 bits per heavy atom. The topological polar surface area (TPSA) is 28.7 Å². The van der Waals surface area contributed by atoms with E-state index in [1.807, 2.05) is 30.3 Å². The Morgan fingerprint density at radius 2 is 1.89 bits per heavy atom. The minimum atomic E-state index is 0.548. The molecule has 3 aromatic rings. The van der Waals surface area contributed by atoms with Crippen LogP contribution < -0.4 is 0 Å². The number of hydrogen-bond donors (Lipinski definition) is 1. The summed E-state index contributed by atoms with van der Waals surface area (Å²) in [5.41, 5.74) is 2.55. The van der Waals surface area contributed by atoms with E-state index in [2.05, 4.69) is 25.9 Å². The largest absolute Gasteiger partial charge is 0.338 e. The molecule has 1 N–H and O–H groups in total. The number of halogens is 3. The van der Waals surface area contributed by atoms with Gasteiger partial charge in [-0.25, -0.2) is 4.98 Å². The average molecular weight is 342 g/mol. The number of H-pyrrole nitrogens is 1. The van der Waals surface area contributed by atoms with Gasteiger partial charge in [-0.3, -0.25) is 0 Å². The zero-order valence-corrected chi connectivity index (χ0v) is 12.1. The van der Waals surface area contributed by atoms with E-state index in [0.717, 1.165) is 26.9 Å². The van der Waals surface area contributed by atoms with Gasteiger partial charge in [-0.2, -0.15) is 0 Å². The monoisotopic (exact) mass is 340 g/mol. The van der Waals surface area contributed by atoms with E-state index in [4.69, 9.17) is 23.2 Å². The molecule has 2 nitrogen and oxygen atoms in total. The molecule has 5 heteroatoms. The smallest absolute Gasteiger partial charge is 0.139 e. The maximum atomic E-state index is 6.12. The zero-order valence-electron chi connectivity index (χ0n) is 9.05. The molecule has 90 valence electrons. The van der Waals surface area contributed by atoms with Crippen molar-refractivity contribution in [3.63, 3.8) is 0 Å². The first kappa shape index (κ1) is 12.0. The molecule has 0 amide bonds. The summed E-state index contributed by atoms with van der Waals surface area (Å²) in [6, 6.07) is 11.4. The summed E-state index contributed by atoms with van der Waals surface area (Å²) in [5, 5.41) is 1.14. The molecule has 0 radical (unpaired) electrons. The molecule has 0 aliphatic heterocycles. The van der Waals surface area contributed by atoms with Gasteiger partial charge in [-0.05, 0) is 18.2 Å². The first-order chi connectivity index (χ1) is 8.65. The lowest BCUT2D eigenvalue weighted by molar-refractivity contribution is 1.33. The first-order valence-electron chi connectivity index (χ1n) is 5.25. The van der Waals surface area contributed by atoms with Crippen molar-refractivity contribution in [1.82, 2.24) is 9.97 Å². The minimum Gasteiger partial charge on any atom is -0.338 e. The second-order valence-electron chi connectivity index (χ2n) is 3.85. The number of benzene rings is 2. The fourth-order valence-electron chi connectivity index (χ4n) is 1.82. The van der Waals surface area contributed by atoms with Crippen molar-refractivity contribution in [2.75, 3.05) is 0 Å². The third kappa shape index (κ3) is 2.03. The SMILES string of the molecule is Clc1cc(Cl)c2nc(-c3ccccc3Br)[nH]c2c1. The highest BCUT2D eigenvalue weighted by molar-refractivity contribution is 9.10. The Bertz CT molecular complexity index is 737. The minimum absolute atomic E-state index is 0.548. The van der Waals surface area contributed by atoms with Crippen LogP contribution in [-0.2, 0) is 0 Å². The lowest BCUT2D eigenvalue weighted by atomic mass is 10.2. The second kappa shape index (κ2) is 4.57. The summed E-state index contributed by atoms with van der Waals surface area (Å²) in [7, 11) is 0. The molecule has 0 fully saturated rings. The van der Waals surface area contributed by atoms with Crippen LogP contribution in [0, 0.1) is 0 Å². The van der Waals surface area contributed by atoms with Crippen molar-refractivity contribution >= 4 is 50.2 Å². The van der Waals surface area contributed by atoms with E-state index in [9.17, 15) is 0 Å². The average Bonchev–Trinajstić information content (AvgIpc) is 2.73. The Morgan fingerprint density at radius 1 is 1.11 bits per heavy atom. The van der Waals surface area contributed by atoms with Crippen molar-refractivity contribution in [1.29, 1.82) is 0 Å². The van der Waals surface area contributed by atoms with Crippen LogP contribution in [-0.4, -0.2) is 9.97 Å². The normalized spacial score (nSPS) is 11.1. The predicted octanol–water partition coefficient (Wildman–Crippen LogP) is 5.30. The molecule has 0 unspecified atom stereocenters. The molecule has 0 aliphatic rings. The van der Waals surface area contributed by atoms with E-state index < -0.39 is 0 Å². The molecule has 0 atom stereocenters. The van der Waals surface area contributed by atoms with Crippen LogP contribution in [0.1, 0.15) is 0 Å². The molecular weight excluding hydrogens is 335 g/mol. The predicted molar refractivity (Wildman–Crippen MR) is 79.2 cm³/mol. The summed E-state index contributed by atoms with van der Waals surface area (Å²) >= 11 is 15.6. The standard InChI is InChI=1S/C13H7BrCl2N2/c14-9-4-2-1-3-8(9)13-17-11-6-7(15)5-10(16)12(11)18-13/h1-6H,(H,17,18). The van der Waals surface area contributed by atoms with Crippen molar-refractivity contribution < 1.29 is 0 Å². The van der Waals surface area contributed by atoms with Crippen molar-refractivity contribution in [3.8, 4) is 11.4 Å². The quantitative estimate of drug-likeness (QED) is 0.639. The second-order valence-corrected chi connectivity index (χ2v) is 5.55. The molecule has 0 aliphatic carbocycles. The summed E-state index contributed by atoms with van der Waals surface area (Å²) in [5.74, 6) is 0.765. The number of nitrogens with zero attached hydrogens (tertiary/aromatic N) is 1. The molecule has 3 rings (SSSR count). The lowest BCUT2D eigenvalue weighted by Gasteiger charge is -1.98.